The molecule has 0 amide bonds. The molecule has 0 saturated heterocycles. The van der Waals surface area contributed by atoms with Gasteiger partial charge in [0.2, 0.25) is 11.5 Å². The monoisotopic (exact) mass is 316 g/mol. The molecule has 23 heavy (non-hydrogen) atoms. The standard InChI is InChI=1S/C18H21NO4/c1-19(2,3)17(21)12-18(22,13-7-5-4-6-8-13)23-16-11-14(20)9-10-15(16)17/h4-11,21-22H,12H2,1-3H3/p+1. The van der Waals surface area contributed by atoms with Gasteiger partial charge >= 0.3 is 0 Å². The van der Waals surface area contributed by atoms with Crippen molar-refractivity contribution in [2.24, 2.45) is 0 Å². The number of fused-ring (bicyclic) bond motifs is 1. The van der Waals surface area contributed by atoms with Gasteiger partial charge in [-0.15, -0.1) is 0 Å². The molecule has 2 unspecified atom stereocenters. The van der Waals surface area contributed by atoms with Gasteiger partial charge in [-0.25, -0.2) is 0 Å². The van der Waals surface area contributed by atoms with E-state index in [4.69, 9.17) is 4.74 Å². The molecule has 0 fully saturated rings. The normalized spacial score (nSPS) is 27.2. The Morgan fingerprint density at radius 2 is 1.65 bits per heavy atom. The highest BCUT2D eigenvalue weighted by molar-refractivity contribution is 5.45. The lowest BCUT2D eigenvalue weighted by molar-refractivity contribution is -0.962. The predicted molar refractivity (Wildman–Crippen MR) is 85.6 cm³/mol. The van der Waals surface area contributed by atoms with E-state index in [0.717, 1.165) is 0 Å². The van der Waals surface area contributed by atoms with Crippen molar-refractivity contribution in [3.63, 3.8) is 0 Å². The number of hydrogen-bond acceptors (Lipinski definition) is 4. The first-order valence-corrected chi connectivity index (χ1v) is 7.50. The number of phenolic OH excluding ortho intramolecular Hbond substituents is 1. The molecule has 2 aromatic rings. The largest absolute Gasteiger partial charge is 0.508 e. The number of quaternary nitrogens is 1. The van der Waals surface area contributed by atoms with Gasteiger partial charge in [-0.1, -0.05) is 30.3 Å². The average molecular weight is 316 g/mol. The van der Waals surface area contributed by atoms with Crippen LogP contribution in [0.2, 0.25) is 0 Å². The molecule has 3 N–H and O–H groups in total. The fourth-order valence-electron chi connectivity index (χ4n) is 3.03. The molecule has 1 aliphatic rings. The summed E-state index contributed by atoms with van der Waals surface area (Å²) in [5, 5.41) is 32.3. The van der Waals surface area contributed by atoms with Gasteiger partial charge in [-0.05, 0) is 12.1 Å². The van der Waals surface area contributed by atoms with Crippen LogP contribution in [0.1, 0.15) is 17.5 Å². The predicted octanol–water partition coefficient (Wildman–Crippen LogP) is 1.87. The summed E-state index contributed by atoms with van der Waals surface area (Å²) in [5.41, 5.74) is -0.268. The molecule has 2 atom stereocenters. The Labute approximate surface area is 135 Å². The summed E-state index contributed by atoms with van der Waals surface area (Å²) in [4.78, 5) is 0. The molecule has 5 heteroatoms. The van der Waals surface area contributed by atoms with Crippen LogP contribution in [0, 0.1) is 0 Å². The highest BCUT2D eigenvalue weighted by Crippen LogP contribution is 2.50. The van der Waals surface area contributed by atoms with Crippen LogP contribution < -0.4 is 4.74 Å². The Kier molecular flexibility index (Phi) is 3.41. The van der Waals surface area contributed by atoms with E-state index in [1.54, 1.807) is 30.3 Å². The summed E-state index contributed by atoms with van der Waals surface area (Å²) < 4.78 is 5.99. The van der Waals surface area contributed by atoms with Gasteiger partial charge < -0.3 is 20.1 Å². The second kappa shape index (κ2) is 4.96. The molecule has 5 nitrogen and oxygen atoms in total. The van der Waals surface area contributed by atoms with Crippen LogP contribution in [0.5, 0.6) is 11.5 Å². The van der Waals surface area contributed by atoms with Crippen molar-refractivity contribution in [3.05, 3.63) is 59.7 Å². The Bertz CT molecular complexity index is 726. The highest BCUT2D eigenvalue weighted by Gasteiger charge is 2.56. The third kappa shape index (κ3) is 2.47. The summed E-state index contributed by atoms with van der Waals surface area (Å²) in [6.45, 7) is 0. The van der Waals surface area contributed by atoms with Gasteiger partial charge in [0, 0.05) is 11.6 Å². The Morgan fingerprint density at radius 1 is 1.00 bits per heavy atom. The molecule has 1 heterocycles. The van der Waals surface area contributed by atoms with E-state index in [9.17, 15) is 15.3 Å². The third-order valence-corrected chi connectivity index (χ3v) is 4.50. The molecule has 0 bridgehead atoms. The van der Waals surface area contributed by atoms with Crippen molar-refractivity contribution in [2.45, 2.75) is 17.9 Å². The van der Waals surface area contributed by atoms with Crippen molar-refractivity contribution in [3.8, 4) is 11.5 Å². The van der Waals surface area contributed by atoms with Gasteiger partial charge in [0.1, 0.15) is 17.9 Å². The first kappa shape index (κ1) is 15.8. The first-order chi connectivity index (χ1) is 10.7. The molecule has 0 radical (unpaired) electrons. The fourth-order valence-corrected chi connectivity index (χ4v) is 3.03. The van der Waals surface area contributed by atoms with Gasteiger partial charge in [0.25, 0.3) is 0 Å². The van der Waals surface area contributed by atoms with Crippen LogP contribution >= 0.6 is 0 Å². The van der Waals surface area contributed by atoms with E-state index in [-0.39, 0.29) is 22.4 Å². The maximum absolute atomic E-state index is 11.4. The molecular weight excluding hydrogens is 294 g/mol. The summed E-state index contributed by atoms with van der Waals surface area (Å²) in [7, 11) is 5.56. The maximum Gasteiger partial charge on any atom is 0.244 e. The SMILES string of the molecule is C[N+](C)(C)C1(O)CC(O)(c2ccccc2)Oc2cc(O)ccc21. The molecule has 0 aliphatic carbocycles. The van der Waals surface area contributed by atoms with Crippen LogP contribution in [-0.2, 0) is 11.5 Å². The smallest absolute Gasteiger partial charge is 0.244 e. The van der Waals surface area contributed by atoms with Crippen molar-refractivity contribution in [1.29, 1.82) is 0 Å². The zero-order chi connectivity index (χ0) is 16.9. The van der Waals surface area contributed by atoms with Crippen LogP contribution in [0.3, 0.4) is 0 Å². The van der Waals surface area contributed by atoms with E-state index in [1.165, 1.54) is 12.1 Å². The molecule has 3 rings (SSSR count). The minimum atomic E-state index is -1.68. The summed E-state index contributed by atoms with van der Waals surface area (Å²) in [5.74, 6) is -1.38. The Balaban J connectivity index is 2.20. The Hall–Kier alpha value is -2.08. The number of nitrogens with zero attached hydrogens (tertiary/aromatic N) is 1. The molecule has 0 spiro atoms. The lowest BCUT2D eigenvalue weighted by Gasteiger charge is -2.49. The quantitative estimate of drug-likeness (QED) is 0.584. The lowest BCUT2D eigenvalue weighted by Crippen LogP contribution is -2.60. The Morgan fingerprint density at radius 3 is 2.26 bits per heavy atom. The van der Waals surface area contributed by atoms with Gasteiger partial charge in [0.05, 0.1) is 26.7 Å². The second-order valence-corrected chi connectivity index (χ2v) is 6.94. The van der Waals surface area contributed by atoms with E-state index in [2.05, 4.69) is 0 Å². The number of hydrogen-bond donors (Lipinski definition) is 3. The number of phenols is 1. The van der Waals surface area contributed by atoms with Gasteiger partial charge in [-0.3, -0.25) is 4.48 Å². The highest BCUT2D eigenvalue weighted by atomic mass is 16.6. The van der Waals surface area contributed by atoms with E-state index >= 15 is 0 Å². The maximum atomic E-state index is 11.4. The zero-order valence-corrected chi connectivity index (χ0v) is 13.5. The van der Waals surface area contributed by atoms with Crippen molar-refractivity contribution in [1.82, 2.24) is 0 Å². The molecule has 122 valence electrons. The molecule has 0 aromatic heterocycles. The van der Waals surface area contributed by atoms with Crippen LogP contribution in [0.4, 0.5) is 0 Å². The summed E-state index contributed by atoms with van der Waals surface area (Å²) in [6.07, 6.45) is -0.0225. The number of benzene rings is 2. The van der Waals surface area contributed by atoms with Crippen molar-refractivity contribution < 1.29 is 24.5 Å². The van der Waals surface area contributed by atoms with Gasteiger partial charge in [0.15, 0.2) is 0 Å². The van der Waals surface area contributed by atoms with Crippen molar-refractivity contribution in [2.75, 3.05) is 21.1 Å². The molecule has 2 aromatic carbocycles. The molecule has 0 saturated carbocycles. The molecule has 1 aliphatic heterocycles. The number of ether oxygens (including phenoxy) is 1. The van der Waals surface area contributed by atoms with E-state index in [0.29, 0.717) is 11.1 Å². The van der Waals surface area contributed by atoms with Crippen LogP contribution in [0.15, 0.2) is 48.5 Å². The minimum absolute atomic E-state index is 0.0184. The number of rotatable bonds is 2. The third-order valence-electron chi connectivity index (χ3n) is 4.50. The van der Waals surface area contributed by atoms with Crippen LogP contribution in [0.25, 0.3) is 0 Å². The summed E-state index contributed by atoms with van der Waals surface area (Å²) >= 11 is 0. The molecular formula is C18H22NO4+. The fraction of sp³-hybridized carbons (Fsp3) is 0.333. The minimum Gasteiger partial charge on any atom is -0.508 e. The lowest BCUT2D eigenvalue weighted by atomic mass is 9.85. The summed E-state index contributed by atoms with van der Waals surface area (Å²) in [6, 6.07) is 13.5. The number of aromatic hydroxyl groups is 1. The second-order valence-electron chi connectivity index (χ2n) is 6.94. The van der Waals surface area contributed by atoms with E-state index in [1.807, 2.05) is 27.2 Å². The van der Waals surface area contributed by atoms with Gasteiger partial charge in [-0.2, -0.15) is 0 Å². The van der Waals surface area contributed by atoms with Crippen LogP contribution in [-0.4, -0.2) is 40.9 Å². The van der Waals surface area contributed by atoms with E-state index < -0.39 is 11.5 Å². The first-order valence-electron chi connectivity index (χ1n) is 7.50. The average Bonchev–Trinajstić information content (AvgIpc) is 2.46. The number of aliphatic hydroxyl groups is 2. The van der Waals surface area contributed by atoms with Crippen molar-refractivity contribution >= 4 is 0 Å². The topological polar surface area (TPSA) is 69.9 Å². The zero-order valence-electron chi connectivity index (χ0n) is 13.5.